The van der Waals surface area contributed by atoms with E-state index in [1.54, 1.807) is 0 Å². The molecular formula is C20H24N6. The molecular weight excluding hydrogens is 324 g/mol. The monoisotopic (exact) mass is 348 g/mol. The van der Waals surface area contributed by atoms with Crippen LogP contribution in [0, 0.1) is 0 Å². The molecule has 2 saturated heterocycles. The summed E-state index contributed by atoms with van der Waals surface area (Å²) in [4.78, 5) is 16.7. The average Bonchev–Trinajstić information content (AvgIpc) is 2.99. The second-order valence-corrected chi connectivity index (χ2v) is 7.23. The summed E-state index contributed by atoms with van der Waals surface area (Å²) in [6, 6.07) is 15.1. The molecule has 2 aliphatic rings. The molecule has 26 heavy (non-hydrogen) atoms. The molecule has 134 valence electrons. The molecule has 0 unspecified atom stereocenters. The van der Waals surface area contributed by atoms with Gasteiger partial charge in [-0.15, -0.1) is 0 Å². The second-order valence-electron chi connectivity index (χ2n) is 7.23. The van der Waals surface area contributed by atoms with E-state index in [1.165, 1.54) is 5.52 Å². The Bertz CT molecular complexity index is 891. The van der Waals surface area contributed by atoms with E-state index in [0.717, 1.165) is 56.6 Å². The van der Waals surface area contributed by atoms with Gasteiger partial charge in [-0.25, -0.2) is 9.97 Å². The van der Waals surface area contributed by atoms with Crippen molar-refractivity contribution < 1.29 is 0 Å². The Hall–Kier alpha value is -2.60. The topological polar surface area (TPSA) is 40.4 Å². The molecule has 1 aromatic carbocycles. The fourth-order valence-corrected chi connectivity index (χ4v) is 4.12. The van der Waals surface area contributed by atoms with Crippen LogP contribution in [0.3, 0.4) is 0 Å². The van der Waals surface area contributed by atoms with Gasteiger partial charge in [-0.05, 0) is 24.3 Å². The van der Waals surface area contributed by atoms with E-state index in [4.69, 9.17) is 4.98 Å². The Labute approximate surface area is 153 Å². The van der Waals surface area contributed by atoms with Crippen LogP contribution in [0.2, 0.25) is 0 Å². The van der Waals surface area contributed by atoms with Crippen LogP contribution in [-0.2, 0) is 7.05 Å². The first-order valence-corrected chi connectivity index (χ1v) is 9.36. The van der Waals surface area contributed by atoms with Crippen molar-refractivity contribution in [1.29, 1.82) is 0 Å². The van der Waals surface area contributed by atoms with Crippen molar-refractivity contribution >= 4 is 22.8 Å². The minimum Gasteiger partial charge on any atom is -0.354 e. The number of fused-ring (bicyclic) bond motifs is 1. The molecule has 0 aliphatic carbocycles. The van der Waals surface area contributed by atoms with Crippen molar-refractivity contribution in [3.63, 3.8) is 0 Å². The van der Waals surface area contributed by atoms with Gasteiger partial charge in [0.05, 0.1) is 11.0 Å². The van der Waals surface area contributed by atoms with Crippen molar-refractivity contribution in [2.45, 2.75) is 6.04 Å². The van der Waals surface area contributed by atoms with Crippen LogP contribution in [-0.4, -0.2) is 64.7 Å². The third-order valence-corrected chi connectivity index (χ3v) is 5.71. The maximum absolute atomic E-state index is 4.82. The smallest absolute Gasteiger partial charge is 0.206 e. The van der Waals surface area contributed by atoms with E-state index < -0.39 is 0 Å². The van der Waals surface area contributed by atoms with Crippen molar-refractivity contribution in [2.24, 2.45) is 7.05 Å². The Balaban J connectivity index is 1.20. The number of hydrogen-bond acceptors (Lipinski definition) is 5. The van der Waals surface area contributed by atoms with Gasteiger partial charge in [-0.3, -0.25) is 4.90 Å². The van der Waals surface area contributed by atoms with Crippen LogP contribution in [0.1, 0.15) is 0 Å². The first kappa shape index (κ1) is 15.6. The fraction of sp³-hybridized carbons (Fsp3) is 0.400. The molecule has 6 nitrogen and oxygen atoms in total. The summed E-state index contributed by atoms with van der Waals surface area (Å²) < 4.78 is 2.21. The molecule has 0 N–H and O–H groups in total. The number of benzene rings is 1. The zero-order valence-electron chi connectivity index (χ0n) is 15.1. The summed E-state index contributed by atoms with van der Waals surface area (Å²) in [6.07, 6.45) is 1.88. The van der Waals surface area contributed by atoms with Gasteiger partial charge in [0.25, 0.3) is 0 Å². The molecule has 0 radical (unpaired) electrons. The third-order valence-electron chi connectivity index (χ3n) is 5.71. The van der Waals surface area contributed by atoms with E-state index in [-0.39, 0.29) is 0 Å². The highest BCUT2D eigenvalue weighted by Crippen LogP contribution is 2.27. The maximum atomic E-state index is 4.82. The van der Waals surface area contributed by atoms with Crippen LogP contribution < -0.4 is 9.80 Å². The predicted molar refractivity (Wildman–Crippen MR) is 105 cm³/mol. The van der Waals surface area contributed by atoms with E-state index in [9.17, 15) is 0 Å². The largest absolute Gasteiger partial charge is 0.354 e. The SMILES string of the molecule is Cn1c(N2CC(N3CCN(c4ccccn4)CC3)C2)nc2ccccc21. The highest BCUT2D eigenvalue weighted by molar-refractivity contribution is 5.78. The number of anilines is 2. The van der Waals surface area contributed by atoms with Crippen molar-refractivity contribution in [1.82, 2.24) is 19.4 Å². The van der Waals surface area contributed by atoms with Crippen molar-refractivity contribution in [3.8, 4) is 0 Å². The molecule has 5 rings (SSSR count). The van der Waals surface area contributed by atoms with Crippen LogP contribution in [0.4, 0.5) is 11.8 Å². The van der Waals surface area contributed by atoms with Crippen molar-refractivity contribution in [3.05, 3.63) is 48.7 Å². The molecule has 0 bridgehead atoms. The third kappa shape index (κ3) is 2.61. The zero-order valence-corrected chi connectivity index (χ0v) is 15.1. The highest BCUT2D eigenvalue weighted by atomic mass is 15.4. The molecule has 6 heteroatoms. The highest BCUT2D eigenvalue weighted by Gasteiger charge is 2.35. The van der Waals surface area contributed by atoms with Crippen LogP contribution >= 0.6 is 0 Å². The molecule has 2 aromatic heterocycles. The Morgan fingerprint density at radius 2 is 1.65 bits per heavy atom. The summed E-state index contributed by atoms with van der Waals surface area (Å²) in [5.74, 6) is 2.19. The standard InChI is InChI=1S/C20H24N6/c1-23-18-7-3-2-6-17(18)22-20(23)26-14-16(15-26)24-10-12-25(13-11-24)19-8-4-5-9-21-19/h2-9,16H,10-15H2,1H3. The number of para-hydroxylation sites is 2. The lowest BCUT2D eigenvalue weighted by Gasteiger charge is -2.48. The molecule has 2 fully saturated rings. The van der Waals surface area contributed by atoms with Gasteiger partial charge in [-0.2, -0.15) is 0 Å². The lowest BCUT2D eigenvalue weighted by molar-refractivity contribution is 0.155. The van der Waals surface area contributed by atoms with Crippen molar-refractivity contribution in [2.75, 3.05) is 49.1 Å². The average molecular weight is 348 g/mol. The quantitative estimate of drug-likeness (QED) is 0.724. The van der Waals surface area contributed by atoms with Gasteiger partial charge in [0.15, 0.2) is 0 Å². The summed E-state index contributed by atoms with van der Waals surface area (Å²) in [5.41, 5.74) is 2.28. The molecule has 0 atom stereocenters. The number of hydrogen-bond donors (Lipinski definition) is 0. The lowest BCUT2D eigenvalue weighted by atomic mass is 10.1. The van der Waals surface area contributed by atoms with Gasteiger partial charge in [-0.1, -0.05) is 18.2 Å². The van der Waals surface area contributed by atoms with Crippen LogP contribution in [0.25, 0.3) is 11.0 Å². The maximum Gasteiger partial charge on any atom is 0.206 e. The number of aryl methyl sites for hydroxylation is 1. The summed E-state index contributed by atoms with van der Waals surface area (Å²) in [7, 11) is 2.11. The van der Waals surface area contributed by atoms with Gasteiger partial charge < -0.3 is 14.4 Å². The van der Waals surface area contributed by atoms with Crippen LogP contribution in [0.15, 0.2) is 48.7 Å². The second kappa shape index (κ2) is 6.29. The Kier molecular flexibility index (Phi) is 3.78. The number of nitrogens with zero attached hydrogens (tertiary/aromatic N) is 6. The number of imidazole rings is 1. The number of pyridine rings is 1. The lowest BCUT2D eigenvalue weighted by Crippen LogP contribution is -2.63. The summed E-state index contributed by atoms with van der Waals surface area (Å²) in [6.45, 7) is 6.47. The number of aromatic nitrogens is 3. The fourth-order valence-electron chi connectivity index (χ4n) is 4.12. The number of piperazine rings is 1. The Morgan fingerprint density at radius 3 is 2.38 bits per heavy atom. The molecule has 3 aromatic rings. The van der Waals surface area contributed by atoms with E-state index >= 15 is 0 Å². The molecule has 0 spiro atoms. The minimum atomic E-state index is 0.640. The van der Waals surface area contributed by atoms with E-state index in [1.807, 2.05) is 12.3 Å². The van der Waals surface area contributed by atoms with Gasteiger partial charge in [0, 0.05) is 58.6 Å². The zero-order chi connectivity index (χ0) is 17.5. The van der Waals surface area contributed by atoms with Gasteiger partial charge >= 0.3 is 0 Å². The van der Waals surface area contributed by atoms with Crippen LogP contribution in [0.5, 0.6) is 0 Å². The Morgan fingerprint density at radius 1 is 0.885 bits per heavy atom. The molecule has 0 saturated carbocycles. The first-order chi connectivity index (χ1) is 12.8. The normalized spacial score (nSPS) is 19.1. The van der Waals surface area contributed by atoms with Gasteiger partial charge in [0.2, 0.25) is 5.95 Å². The molecule has 0 amide bonds. The predicted octanol–water partition coefficient (Wildman–Crippen LogP) is 1.98. The summed E-state index contributed by atoms with van der Waals surface area (Å²) >= 11 is 0. The molecule has 4 heterocycles. The first-order valence-electron chi connectivity index (χ1n) is 9.36. The molecule has 2 aliphatic heterocycles. The van der Waals surface area contributed by atoms with E-state index in [0.29, 0.717) is 6.04 Å². The number of rotatable bonds is 3. The minimum absolute atomic E-state index is 0.640. The summed E-state index contributed by atoms with van der Waals surface area (Å²) in [5, 5.41) is 0. The van der Waals surface area contributed by atoms with Gasteiger partial charge in [0.1, 0.15) is 5.82 Å². The van der Waals surface area contributed by atoms with E-state index in [2.05, 4.69) is 67.7 Å².